The number of hydrogen-bond acceptors (Lipinski definition) is 5. The molecule has 0 fully saturated rings. The highest BCUT2D eigenvalue weighted by Gasteiger charge is 2.43. The van der Waals surface area contributed by atoms with Gasteiger partial charge in [-0.3, -0.25) is 10.1 Å². The number of rotatable bonds is 3. The van der Waals surface area contributed by atoms with Gasteiger partial charge in [0.25, 0.3) is 5.69 Å². The number of benzene rings is 2. The Balaban J connectivity index is 2.35. The lowest BCUT2D eigenvalue weighted by atomic mass is 9.83. The van der Waals surface area contributed by atoms with Crippen LogP contribution in [0.4, 0.5) is 21.5 Å². The van der Waals surface area contributed by atoms with E-state index in [9.17, 15) is 19.8 Å². The fraction of sp³-hybridized carbons (Fsp3) is 0.278. The number of hydrogen-bond donors (Lipinski definition) is 0. The van der Waals surface area contributed by atoms with Crippen molar-refractivity contribution >= 4 is 17.1 Å². The lowest BCUT2D eigenvalue weighted by Gasteiger charge is -2.22. The second kappa shape index (κ2) is 5.74. The van der Waals surface area contributed by atoms with E-state index in [-0.39, 0.29) is 17.0 Å². The zero-order chi connectivity index (χ0) is 18.4. The van der Waals surface area contributed by atoms with Gasteiger partial charge in [0.2, 0.25) is 0 Å². The standard InChI is InChI=1S/C18H16FN3O3/c1-18(2)10-21(13-6-4-5-7-14(13)22(23)24)17-15(25-3)8-12(19)11(9-20)16(17)18/h4-8H,10H2,1-3H3. The number of nitriles is 1. The molecular weight excluding hydrogens is 325 g/mol. The van der Waals surface area contributed by atoms with Crippen molar-refractivity contribution < 1.29 is 14.1 Å². The number of halogens is 1. The second-order valence-corrected chi connectivity index (χ2v) is 6.49. The molecule has 0 spiro atoms. The molecule has 1 aliphatic rings. The topological polar surface area (TPSA) is 79.4 Å². The number of nitro benzene ring substituents is 1. The molecule has 6 nitrogen and oxygen atoms in total. The summed E-state index contributed by atoms with van der Waals surface area (Å²) in [6.07, 6.45) is 0. The summed E-state index contributed by atoms with van der Waals surface area (Å²) in [6, 6.07) is 9.42. The molecule has 2 aromatic carbocycles. The van der Waals surface area contributed by atoms with Gasteiger partial charge in [-0.2, -0.15) is 5.26 Å². The molecule has 0 unspecified atom stereocenters. The number of fused-ring (bicyclic) bond motifs is 1. The van der Waals surface area contributed by atoms with Crippen molar-refractivity contribution in [2.75, 3.05) is 18.6 Å². The molecule has 25 heavy (non-hydrogen) atoms. The molecule has 0 amide bonds. The quantitative estimate of drug-likeness (QED) is 0.622. The van der Waals surface area contributed by atoms with E-state index in [0.717, 1.165) is 6.07 Å². The molecule has 0 bridgehead atoms. The highest BCUT2D eigenvalue weighted by Crippen LogP contribution is 2.52. The summed E-state index contributed by atoms with van der Waals surface area (Å²) < 4.78 is 19.7. The van der Waals surface area contributed by atoms with Crippen LogP contribution in [0, 0.1) is 27.3 Å². The van der Waals surface area contributed by atoms with Crippen LogP contribution in [-0.4, -0.2) is 18.6 Å². The average Bonchev–Trinajstić information content (AvgIpc) is 2.86. The van der Waals surface area contributed by atoms with Crippen LogP contribution in [-0.2, 0) is 5.41 Å². The van der Waals surface area contributed by atoms with Gasteiger partial charge < -0.3 is 9.64 Å². The van der Waals surface area contributed by atoms with Crippen LogP contribution in [0.25, 0.3) is 0 Å². The summed E-state index contributed by atoms with van der Waals surface area (Å²) in [5.74, 6) is -0.411. The first kappa shape index (κ1) is 16.7. The van der Waals surface area contributed by atoms with Crippen LogP contribution < -0.4 is 9.64 Å². The molecule has 3 rings (SSSR count). The number of nitrogens with zero attached hydrogens (tertiary/aromatic N) is 3. The van der Waals surface area contributed by atoms with Crippen LogP contribution in [0.2, 0.25) is 0 Å². The second-order valence-electron chi connectivity index (χ2n) is 6.49. The van der Waals surface area contributed by atoms with Gasteiger partial charge in [0, 0.05) is 29.7 Å². The zero-order valence-electron chi connectivity index (χ0n) is 14.0. The fourth-order valence-corrected chi connectivity index (χ4v) is 3.41. The molecule has 0 aliphatic carbocycles. The molecule has 0 aromatic heterocycles. The van der Waals surface area contributed by atoms with Crippen molar-refractivity contribution in [3.05, 3.63) is 57.4 Å². The number of para-hydroxylation sites is 2. The lowest BCUT2D eigenvalue weighted by molar-refractivity contribution is -0.384. The molecule has 0 saturated carbocycles. The zero-order valence-corrected chi connectivity index (χ0v) is 14.0. The Kier molecular flexibility index (Phi) is 3.84. The number of ether oxygens (including phenoxy) is 1. The molecule has 0 saturated heterocycles. The van der Waals surface area contributed by atoms with E-state index in [1.165, 1.54) is 13.2 Å². The third-order valence-corrected chi connectivity index (χ3v) is 4.42. The van der Waals surface area contributed by atoms with Crippen LogP contribution in [0.3, 0.4) is 0 Å². The number of nitro groups is 1. The van der Waals surface area contributed by atoms with Crippen molar-refractivity contribution in [1.29, 1.82) is 5.26 Å². The first-order chi connectivity index (χ1) is 11.8. The Morgan fingerprint density at radius 3 is 2.68 bits per heavy atom. The maximum Gasteiger partial charge on any atom is 0.292 e. The van der Waals surface area contributed by atoms with Crippen molar-refractivity contribution in [3.63, 3.8) is 0 Å². The lowest BCUT2D eigenvalue weighted by Crippen LogP contribution is -2.26. The highest BCUT2D eigenvalue weighted by molar-refractivity contribution is 5.83. The van der Waals surface area contributed by atoms with Gasteiger partial charge in [-0.25, -0.2) is 4.39 Å². The molecular formula is C18H16FN3O3. The Bertz CT molecular complexity index is 919. The minimum Gasteiger partial charge on any atom is -0.494 e. The van der Waals surface area contributed by atoms with Crippen LogP contribution in [0.5, 0.6) is 5.75 Å². The third kappa shape index (κ3) is 2.47. The van der Waals surface area contributed by atoms with E-state index in [2.05, 4.69) is 0 Å². The third-order valence-electron chi connectivity index (χ3n) is 4.42. The monoisotopic (exact) mass is 341 g/mol. The van der Waals surface area contributed by atoms with Gasteiger partial charge >= 0.3 is 0 Å². The summed E-state index contributed by atoms with van der Waals surface area (Å²) in [4.78, 5) is 12.7. The van der Waals surface area contributed by atoms with Crippen molar-refractivity contribution in [2.45, 2.75) is 19.3 Å². The van der Waals surface area contributed by atoms with E-state index in [1.54, 1.807) is 23.1 Å². The smallest absolute Gasteiger partial charge is 0.292 e. The Morgan fingerprint density at radius 2 is 2.08 bits per heavy atom. The average molecular weight is 341 g/mol. The molecule has 128 valence electrons. The minimum atomic E-state index is -0.657. The van der Waals surface area contributed by atoms with Gasteiger partial charge in [0.15, 0.2) is 0 Å². The van der Waals surface area contributed by atoms with Crippen molar-refractivity contribution in [3.8, 4) is 11.8 Å². The summed E-state index contributed by atoms with van der Waals surface area (Å²) in [6.45, 7) is 4.11. The van der Waals surface area contributed by atoms with Crippen LogP contribution in [0.15, 0.2) is 30.3 Å². The number of methoxy groups -OCH3 is 1. The molecule has 7 heteroatoms. The van der Waals surface area contributed by atoms with Crippen molar-refractivity contribution in [1.82, 2.24) is 0 Å². The SMILES string of the molecule is COc1cc(F)c(C#N)c2c1N(c1ccccc1[N+](=O)[O-])CC2(C)C. The van der Waals surface area contributed by atoms with Gasteiger partial charge in [0.1, 0.15) is 23.3 Å². The fourth-order valence-electron chi connectivity index (χ4n) is 3.41. The molecule has 0 radical (unpaired) electrons. The van der Waals surface area contributed by atoms with Crippen LogP contribution >= 0.6 is 0 Å². The Morgan fingerprint density at radius 1 is 1.40 bits per heavy atom. The molecule has 0 atom stereocenters. The van der Waals surface area contributed by atoms with E-state index in [1.807, 2.05) is 19.9 Å². The van der Waals surface area contributed by atoms with Gasteiger partial charge in [-0.1, -0.05) is 26.0 Å². The molecule has 2 aromatic rings. The maximum atomic E-state index is 14.3. The predicted molar refractivity (Wildman–Crippen MR) is 90.8 cm³/mol. The van der Waals surface area contributed by atoms with E-state index < -0.39 is 16.2 Å². The summed E-state index contributed by atoms with van der Waals surface area (Å²) in [7, 11) is 1.41. The molecule has 1 aliphatic heterocycles. The highest BCUT2D eigenvalue weighted by atomic mass is 19.1. The van der Waals surface area contributed by atoms with Gasteiger partial charge in [-0.15, -0.1) is 0 Å². The maximum absolute atomic E-state index is 14.3. The Labute approximate surface area is 144 Å². The van der Waals surface area contributed by atoms with Crippen LogP contribution in [0.1, 0.15) is 25.0 Å². The first-order valence-electron chi connectivity index (χ1n) is 7.64. The van der Waals surface area contributed by atoms with E-state index in [4.69, 9.17) is 4.74 Å². The van der Waals surface area contributed by atoms with E-state index in [0.29, 0.717) is 23.5 Å². The predicted octanol–water partition coefficient (Wildman–Crippen LogP) is 4.04. The minimum absolute atomic E-state index is 0.0538. The summed E-state index contributed by atoms with van der Waals surface area (Å²) >= 11 is 0. The molecule has 1 heterocycles. The van der Waals surface area contributed by atoms with Gasteiger partial charge in [0.05, 0.1) is 23.3 Å². The van der Waals surface area contributed by atoms with E-state index >= 15 is 0 Å². The Hall–Kier alpha value is -3.14. The molecule has 0 N–H and O–H groups in total. The van der Waals surface area contributed by atoms with Gasteiger partial charge in [-0.05, 0) is 6.07 Å². The first-order valence-corrected chi connectivity index (χ1v) is 7.64. The normalized spacial score (nSPS) is 14.8. The summed E-state index contributed by atoms with van der Waals surface area (Å²) in [5, 5.41) is 20.8. The largest absolute Gasteiger partial charge is 0.494 e. The summed E-state index contributed by atoms with van der Waals surface area (Å²) in [5.41, 5.74) is 0.690. The number of anilines is 2. The van der Waals surface area contributed by atoms with Crippen molar-refractivity contribution in [2.24, 2.45) is 0 Å².